The Hall–Kier alpha value is -1.56. The molecule has 0 aliphatic rings. The summed E-state index contributed by atoms with van der Waals surface area (Å²) in [7, 11) is 0. The fourth-order valence-electron chi connectivity index (χ4n) is 0.687. The zero-order valence-electron chi connectivity index (χ0n) is 6.38. The summed E-state index contributed by atoms with van der Waals surface area (Å²) < 4.78 is 3.48. The molecule has 0 saturated carbocycles. The molecule has 1 rings (SSSR count). The lowest BCUT2D eigenvalue weighted by molar-refractivity contribution is -0.292. The Balaban J connectivity index is 2.54. The summed E-state index contributed by atoms with van der Waals surface area (Å²) in [4.78, 5) is 20.8. The van der Waals surface area contributed by atoms with Gasteiger partial charge in [0.05, 0.1) is 5.56 Å². The predicted octanol–water partition coefficient (Wildman–Crippen LogP) is 1.68. The molecule has 5 nitrogen and oxygen atoms in total. The molecule has 68 valence electrons. The first-order valence-electron chi connectivity index (χ1n) is 3.28. The van der Waals surface area contributed by atoms with Crippen molar-refractivity contribution in [3.05, 3.63) is 46.0 Å². The van der Waals surface area contributed by atoms with Crippen molar-refractivity contribution in [2.75, 3.05) is 0 Å². The second kappa shape index (κ2) is 4.46. The van der Waals surface area contributed by atoms with Crippen LogP contribution >= 0.6 is 12.2 Å². The summed E-state index contributed by atoms with van der Waals surface area (Å²) >= 11 is -0.0931. The molecule has 0 aliphatic carbocycles. The van der Waals surface area contributed by atoms with Crippen LogP contribution in [0.2, 0.25) is 0 Å². The van der Waals surface area contributed by atoms with E-state index in [1.165, 1.54) is 12.1 Å². The standard InChI is InChI=1S/C7H5NO4S/c9-7(12-13-8(10)11)6-4-2-1-3-5-6/h1-5H. The van der Waals surface area contributed by atoms with Gasteiger partial charge in [-0.2, -0.15) is 0 Å². The second-order valence-corrected chi connectivity index (χ2v) is 2.65. The van der Waals surface area contributed by atoms with Gasteiger partial charge in [-0.15, -0.1) is 0 Å². The van der Waals surface area contributed by atoms with Crippen LogP contribution in [0, 0.1) is 10.1 Å². The number of carbonyl (C=O) groups excluding carboxylic acids is 1. The molecular weight excluding hydrogens is 194 g/mol. The lowest BCUT2D eigenvalue weighted by atomic mass is 10.2. The number of rotatable bonds is 3. The van der Waals surface area contributed by atoms with E-state index >= 15 is 0 Å². The lowest BCUT2D eigenvalue weighted by Gasteiger charge is -1.94. The SMILES string of the molecule is O=C(OS[N+](=O)[O-])c1ccccc1. The first-order valence-corrected chi connectivity index (χ1v) is 3.98. The zero-order valence-corrected chi connectivity index (χ0v) is 7.19. The molecule has 0 spiro atoms. The number of benzene rings is 1. The fraction of sp³-hybridized carbons (Fsp3) is 0. The Morgan fingerprint density at radius 2 is 2.00 bits per heavy atom. The number of nitrogens with zero attached hydrogens (tertiary/aromatic N) is 1. The van der Waals surface area contributed by atoms with Crippen LogP contribution in [0.15, 0.2) is 30.3 Å². The van der Waals surface area contributed by atoms with Crippen molar-refractivity contribution in [3.8, 4) is 0 Å². The molecule has 1 aromatic carbocycles. The average molecular weight is 199 g/mol. The van der Waals surface area contributed by atoms with Crippen LogP contribution in [0.4, 0.5) is 0 Å². The minimum absolute atomic E-state index is 0.0931. The molecule has 0 atom stereocenters. The van der Waals surface area contributed by atoms with Crippen molar-refractivity contribution in [1.29, 1.82) is 0 Å². The Bertz CT molecular complexity index is 314. The van der Waals surface area contributed by atoms with Crippen LogP contribution in [-0.2, 0) is 4.18 Å². The third kappa shape index (κ3) is 3.12. The molecule has 13 heavy (non-hydrogen) atoms. The van der Waals surface area contributed by atoms with Crippen molar-refractivity contribution < 1.29 is 13.3 Å². The highest BCUT2D eigenvalue weighted by atomic mass is 32.2. The van der Waals surface area contributed by atoms with Gasteiger partial charge in [0.2, 0.25) is 0 Å². The Morgan fingerprint density at radius 1 is 1.38 bits per heavy atom. The van der Waals surface area contributed by atoms with Gasteiger partial charge in [-0.05, 0) is 12.1 Å². The molecule has 1 aromatic rings. The van der Waals surface area contributed by atoms with E-state index in [0.29, 0.717) is 0 Å². The monoisotopic (exact) mass is 199 g/mol. The Morgan fingerprint density at radius 3 is 2.54 bits per heavy atom. The smallest absolute Gasteiger partial charge is 0.325 e. The molecule has 0 heterocycles. The molecule has 0 unspecified atom stereocenters. The third-order valence-corrected chi connectivity index (χ3v) is 1.53. The molecule has 6 heteroatoms. The van der Waals surface area contributed by atoms with Gasteiger partial charge < -0.3 is 4.18 Å². The highest BCUT2D eigenvalue weighted by Crippen LogP contribution is 2.08. The molecular formula is C7H5NO4S. The van der Waals surface area contributed by atoms with Crippen LogP contribution in [-0.4, -0.2) is 10.3 Å². The topological polar surface area (TPSA) is 69.4 Å². The normalized spacial score (nSPS) is 9.23. The molecule has 0 amide bonds. The van der Waals surface area contributed by atoms with Gasteiger partial charge in [0.1, 0.15) is 4.33 Å². The van der Waals surface area contributed by atoms with Crippen molar-refractivity contribution in [3.63, 3.8) is 0 Å². The van der Waals surface area contributed by atoms with E-state index in [2.05, 4.69) is 4.18 Å². The summed E-state index contributed by atoms with van der Waals surface area (Å²) in [6, 6.07) is 8.06. The molecule has 0 fully saturated rings. The van der Waals surface area contributed by atoms with E-state index in [-0.39, 0.29) is 17.8 Å². The Kier molecular flexibility index (Phi) is 3.27. The lowest BCUT2D eigenvalue weighted by Crippen LogP contribution is -2.01. The summed E-state index contributed by atoms with van der Waals surface area (Å²) in [6.45, 7) is 0. The van der Waals surface area contributed by atoms with Gasteiger partial charge in [-0.25, -0.2) is 14.9 Å². The van der Waals surface area contributed by atoms with E-state index in [4.69, 9.17) is 0 Å². The highest BCUT2D eigenvalue weighted by molar-refractivity contribution is 7.88. The van der Waals surface area contributed by atoms with Gasteiger partial charge in [0.15, 0.2) is 0 Å². The molecule has 0 saturated heterocycles. The number of hydrogen-bond acceptors (Lipinski definition) is 5. The summed E-state index contributed by atoms with van der Waals surface area (Å²) in [5.41, 5.74) is 0.289. The summed E-state index contributed by atoms with van der Waals surface area (Å²) in [5.74, 6) is -0.720. The van der Waals surface area contributed by atoms with Gasteiger partial charge >= 0.3 is 18.2 Å². The maximum Gasteiger partial charge on any atom is 0.471 e. The van der Waals surface area contributed by atoms with Gasteiger partial charge in [0.25, 0.3) is 0 Å². The highest BCUT2D eigenvalue weighted by Gasteiger charge is 2.12. The van der Waals surface area contributed by atoms with Crippen LogP contribution < -0.4 is 0 Å². The molecule has 0 aromatic heterocycles. The van der Waals surface area contributed by atoms with Crippen LogP contribution in [0.5, 0.6) is 0 Å². The van der Waals surface area contributed by atoms with E-state index in [0.717, 1.165) is 0 Å². The van der Waals surface area contributed by atoms with Crippen molar-refractivity contribution >= 4 is 18.2 Å². The molecule has 0 bridgehead atoms. The van der Waals surface area contributed by atoms with E-state index in [1.807, 2.05) is 0 Å². The molecule has 0 N–H and O–H groups in total. The van der Waals surface area contributed by atoms with Gasteiger partial charge in [-0.1, -0.05) is 18.2 Å². The number of carbonyl (C=O) groups is 1. The number of hydrogen-bond donors (Lipinski definition) is 0. The van der Waals surface area contributed by atoms with Crippen LogP contribution in [0.3, 0.4) is 0 Å². The number of nitro groups is 1. The first kappa shape index (κ1) is 9.53. The van der Waals surface area contributed by atoms with E-state index in [1.54, 1.807) is 18.2 Å². The first-order chi connectivity index (χ1) is 6.20. The molecule has 0 aliphatic heterocycles. The Labute approximate surface area is 78.2 Å². The average Bonchev–Trinajstić information content (AvgIpc) is 2.15. The summed E-state index contributed by atoms with van der Waals surface area (Å²) in [6.07, 6.45) is 0. The quantitative estimate of drug-likeness (QED) is 0.320. The fourth-order valence-corrected chi connectivity index (χ4v) is 0.911. The van der Waals surface area contributed by atoms with Gasteiger partial charge in [0, 0.05) is 0 Å². The maximum absolute atomic E-state index is 11.0. The maximum atomic E-state index is 11.0. The predicted molar refractivity (Wildman–Crippen MR) is 46.4 cm³/mol. The zero-order chi connectivity index (χ0) is 9.68. The van der Waals surface area contributed by atoms with E-state index in [9.17, 15) is 14.9 Å². The minimum Gasteiger partial charge on any atom is -0.325 e. The van der Waals surface area contributed by atoms with Crippen molar-refractivity contribution in [2.24, 2.45) is 0 Å². The molecule has 0 radical (unpaired) electrons. The van der Waals surface area contributed by atoms with Crippen molar-refractivity contribution in [1.82, 2.24) is 0 Å². The minimum atomic E-state index is -0.791. The van der Waals surface area contributed by atoms with Gasteiger partial charge in [-0.3, -0.25) is 0 Å². The second-order valence-electron chi connectivity index (χ2n) is 2.03. The third-order valence-electron chi connectivity index (χ3n) is 1.18. The van der Waals surface area contributed by atoms with Crippen molar-refractivity contribution in [2.45, 2.75) is 0 Å². The summed E-state index contributed by atoms with van der Waals surface area (Å²) in [5, 5.41) is 9.83. The largest absolute Gasteiger partial charge is 0.471 e. The van der Waals surface area contributed by atoms with Crippen LogP contribution in [0.25, 0.3) is 0 Å². The van der Waals surface area contributed by atoms with Crippen LogP contribution in [0.1, 0.15) is 10.4 Å². The van der Waals surface area contributed by atoms with E-state index < -0.39 is 10.3 Å².